The molecule has 0 aromatic heterocycles. The van der Waals surface area contributed by atoms with Crippen LogP contribution in [0.15, 0.2) is 0 Å². The first-order chi connectivity index (χ1) is 44.0. The van der Waals surface area contributed by atoms with Crippen molar-refractivity contribution >= 4 is 39.5 Å². The normalized spacial score (nSPS) is 14.0. The van der Waals surface area contributed by atoms with E-state index in [-0.39, 0.29) is 25.7 Å². The van der Waals surface area contributed by atoms with Gasteiger partial charge < -0.3 is 33.8 Å². The molecule has 0 amide bonds. The van der Waals surface area contributed by atoms with Gasteiger partial charge in [-0.15, -0.1) is 0 Å². The molecule has 0 aromatic carbocycles. The molecule has 0 aliphatic heterocycles. The number of rotatable bonds is 72. The Bertz CT molecular complexity index is 1750. The molecule has 3 N–H and O–H groups in total. The fraction of sp³-hybridized carbons (Fsp3) is 0.944. The number of aliphatic hydroxyl groups is 1. The fourth-order valence-electron chi connectivity index (χ4n) is 11.0. The SMILES string of the molecule is CCCCCCCCCCCCCCCCCCCCC(=O)O[C@H](COC(=O)CCCCCCCCCCCCCC(C)C)COP(=O)(O)OC[C@@H](O)COP(=O)(O)OC[C@@H](COC(=O)CCCCCCCCCC)OC(=O)CCCCCCCCCCCCC. The third-order valence-corrected chi connectivity index (χ3v) is 18.7. The lowest BCUT2D eigenvalue weighted by atomic mass is 10.0. The Kier molecular flexibility index (Phi) is 64.0. The Labute approximate surface area is 556 Å². The van der Waals surface area contributed by atoms with Crippen molar-refractivity contribution in [1.29, 1.82) is 0 Å². The first-order valence-electron chi connectivity index (χ1n) is 37.6. The van der Waals surface area contributed by atoms with Gasteiger partial charge in [-0.1, -0.05) is 324 Å². The molecule has 0 radical (unpaired) electrons. The summed E-state index contributed by atoms with van der Waals surface area (Å²) in [4.78, 5) is 72.5. The molecule has 0 saturated heterocycles. The van der Waals surface area contributed by atoms with Crippen LogP contribution in [0.2, 0.25) is 0 Å². The number of phosphoric acid groups is 2. The van der Waals surface area contributed by atoms with Gasteiger partial charge >= 0.3 is 39.5 Å². The first kappa shape index (κ1) is 89.1. The highest BCUT2D eigenvalue weighted by Crippen LogP contribution is 2.45. The minimum atomic E-state index is -4.95. The van der Waals surface area contributed by atoms with Crippen LogP contribution in [-0.4, -0.2) is 96.7 Å². The van der Waals surface area contributed by atoms with E-state index >= 15 is 0 Å². The number of hydrogen-bond acceptors (Lipinski definition) is 15. The fourth-order valence-corrected chi connectivity index (χ4v) is 12.6. The van der Waals surface area contributed by atoms with Crippen molar-refractivity contribution in [2.24, 2.45) is 5.92 Å². The highest BCUT2D eigenvalue weighted by Gasteiger charge is 2.30. The molecule has 540 valence electrons. The Hall–Kier alpha value is -1.94. The predicted octanol–water partition coefficient (Wildman–Crippen LogP) is 20.9. The number of ether oxygens (including phenoxy) is 4. The van der Waals surface area contributed by atoms with E-state index in [1.165, 1.54) is 193 Å². The molecule has 17 nitrogen and oxygen atoms in total. The molecule has 0 aromatic rings. The number of carbonyl (C=O) groups is 4. The summed E-state index contributed by atoms with van der Waals surface area (Å²) in [5, 5.41) is 10.6. The van der Waals surface area contributed by atoms with Crippen LogP contribution in [0.1, 0.15) is 375 Å². The largest absolute Gasteiger partial charge is 0.472 e. The molecule has 2 unspecified atom stereocenters. The van der Waals surface area contributed by atoms with Gasteiger partial charge in [-0.3, -0.25) is 37.3 Å². The van der Waals surface area contributed by atoms with Crippen molar-refractivity contribution in [3.05, 3.63) is 0 Å². The first-order valence-corrected chi connectivity index (χ1v) is 40.6. The maximum Gasteiger partial charge on any atom is 0.472 e. The van der Waals surface area contributed by atoms with E-state index < -0.39 is 97.5 Å². The third kappa shape index (κ3) is 66.5. The number of esters is 4. The summed E-state index contributed by atoms with van der Waals surface area (Å²) >= 11 is 0. The zero-order valence-corrected chi connectivity index (χ0v) is 60.8. The molecule has 91 heavy (non-hydrogen) atoms. The monoisotopic (exact) mass is 1340 g/mol. The van der Waals surface area contributed by atoms with E-state index in [4.69, 9.17) is 37.0 Å². The third-order valence-electron chi connectivity index (χ3n) is 16.8. The zero-order valence-electron chi connectivity index (χ0n) is 59.0. The molecule has 0 bridgehead atoms. The Morgan fingerprint density at radius 2 is 0.505 bits per heavy atom. The molecule has 19 heteroatoms. The lowest BCUT2D eigenvalue weighted by molar-refractivity contribution is -0.161. The standard InChI is InChI=1S/C72H140O17P2/c1-6-9-12-15-18-21-23-24-25-26-27-28-29-33-38-43-48-53-58-72(77)89-68(62-83-70(75)56-51-46-41-36-34-30-32-35-39-44-49-54-65(4)5)64-87-91(80,81)85-60-66(73)59-84-90(78,79)86-63-67(61-82-69(74)55-50-45-40-20-17-14-11-8-3)88-71(76)57-52-47-42-37-31-22-19-16-13-10-7-2/h65-68,73H,6-64H2,1-5H3,(H,78,79)(H,80,81)/t66-,67+,68+/m0/s1. The van der Waals surface area contributed by atoms with E-state index in [9.17, 15) is 43.2 Å². The molecule has 0 rings (SSSR count). The lowest BCUT2D eigenvalue weighted by Crippen LogP contribution is -2.30. The van der Waals surface area contributed by atoms with Gasteiger partial charge in [-0.25, -0.2) is 9.13 Å². The average molecular weight is 1340 g/mol. The van der Waals surface area contributed by atoms with Crippen molar-refractivity contribution in [1.82, 2.24) is 0 Å². The molecule has 0 fully saturated rings. The van der Waals surface area contributed by atoms with Gasteiger partial charge in [0.1, 0.15) is 19.3 Å². The van der Waals surface area contributed by atoms with Crippen LogP contribution in [0.4, 0.5) is 0 Å². The molecule has 5 atom stereocenters. The summed E-state index contributed by atoms with van der Waals surface area (Å²) in [5.41, 5.74) is 0. The van der Waals surface area contributed by atoms with Crippen LogP contribution in [0.3, 0.4) is 0 Å². The average Bonchev–Trinajstić information content (AvgIpc) is 2.22. The van der Waals surface area contributed by atoms with Gasteiger partial charge in [-0.2, -0.15) is 0 Å². The van der Waals surface area contributed by atoms with Gasteiger partial charge in [0.25, 0.3) is 0 Å². The van der Waals surface area contributed by atoms with Crippen LogP contribution in [-0.2, 0) is 65.4 Å². The van der Waals surface area contributed by atoms with E-state index in [0.29, 0.717) is 25.7 Å². The zero-order chi connectivity index (χ0) is 67.0. The Balaban J connectivity index is 5.20. The summed E-state index contributed by atoms with van der Waals surface area (Å²) in [7, 11) is -9.90. The molecular formula is C72H140O17P2. The van der Waals surface area contributed by atoms with E-state index in [2.05, 4.69) is 34.6 Å². The highest BCUT2D eigenvalue weighted by atomic mass is 31.2. The maximum atomic E-state index is 13.0. The van der Waals surface area contributed by atoms with Crippen molar-refractivity contribution in [3.8, 4) is 0 Å². The second-order valence-electron chi connectivity index (χ2n) is 26.5. The Morgan fingerprint density at radius 1 is 0.297 bits per heavy atom. The van der Waals surface area contributed by atoms with E-state index in [1.54, 1.807) is 0 Å². The predicted molar refractivity (Wildman–Crippen MR) is 368 cm³/mol. The molecule has 0 spiro atoms. The number of hydrogen-bond donors (Lipinski definition) is 3. The smallest absolute Gasteiger partial charge is 0.462 e. The number of aliphatic hydroxyl groups excluding tert-OH is 1. The minimum Gasteiger partial charge on any atom is -0.462 e. The maximum absolute atomic E-state index is 13.0. The van der Waals surface area contributed by atoms with Gasteiger partial charge in [0.15, 0.2) is 12.2 Å². The van der Waals surface area contributed by atoms with Crippen molar-refractivity contribution in [2.75, 3.05) is 39.6 Å². The number of unbranched alkanes of at least 4 members (excludes halogenated alkanes) is 44. The topological polar surface area (TPSA) is 237 Å². The van der Waals surface area contributed by atoms with Crippen molar-refractivity contribution in [2.45, 2.75) is 393 Å². The number of phosphoric ester groups is 2. The summed E-state index contributed by atoms with van der Waals surface area (Å²) in [6.45, 7) is 7.24. The van der Waals surface area contributed by atoms with Gasteiger partial charge in [0.05, 0.1) is 26.4 Å². The van der Waals surface area contributed by atoms with Crippen LogP contribution in [0.5, 0.6) is 0 Å². The summed E-state index contributed by atoms with van der Waals surface area (Å²) < 4.78 is 68.3. The van der Waals surface area contributed by atoms with E-state index in [0.717, 1.165) is 102 Å². The van der Waals surface area contributed by atoms with Gasteiger partial charge in [-0.05, 0) is 31.6 Å². The minimum absolute atomic E-state index is 0.107. The molecule has 0 aliphatic carbocycles. The van der Waals surface area contributed by atoms with Crippen LogP contribution >= 0.6 is 15.6 Å². The second kappa shape index (κ2) is 65.4. The van der Waals surface area contributed by atoms with E-state index in [1.807, 2.05) is 0 Å². The van der Waals surface area contributed by atoms with Gasteiger partial charge in [0, 0.05) is 25.7 Å². The number of carbonyl (C=O) groups excluding carboxylic acids is 4. The van der Waals surface area contributed by atoms with Crippen LogP contribution in [0, 0.1) is 5.92 Å². The highest BCUT2D eigenvalue weighted by molar-refractivity contribution is 7.47. The molecular weight excluding hydrogens is 1200 g/mol. The molecule has 0 aliphatic rings. The van der Waals surface area contributed by atoms with Crippen LogP contribution in [0.25, 0.3) is 0 Å². The Morgan fingerprint density at radius 3 is 0.747 bits per heavy atom. The second-order valence-corrected chi connectivity index (χ2v) is 29.4. The summed E-state index contributed by atoms with van der Waals surface area (Å²) in [5.74, 6) is -1.35. The molecule has 0 heterocycles. The van der Waals surface area contributed by atoms with Gasteiger partial charge in [0.2, 0.25) is 0 Å². The summed E-state index contributed by atoms with van der Waals surface area (Å²) in [6, 6.07) is 0. The quantitative estimate of drug-likeness (QED) is 0.0222. The summed E-state index contributed by atoms with van der Waals surface area (Å²) in [6.07, 6.45) is 52.7. The van der Waals surface area contributed by atoms with Crippen LogP contribution < -0.4 is 0 Å². The lowest BCUT2D eigenvalue weighted by Gasteiger charge is -2.21. The van der Waals surface area contributed by atoms with Crippen molar-refractivity contribution < 1.29 is 80.2 Å². The molecule has 0 saturated carbocycles. The van der Waals surface area contributed by atoms with Crippen molar-refractivity contribution in [3.63, 3.8) is 0 Å².